The van der Waals surface area contributed by atoms with Crippen LogP contribution < -0.4 is 34.3 Å². The Labute approximate surface area is 112 Å². The third-order valence-electron chi connectivity index (χ3n) is 1.46. The summed E-state index contributed by atoms with van der Waals surface area (Å²) < 4.78 is 68.3. The summed E-state index contributed by atoms with van der Waals surface area (Å²) in [5.41, 5.74) is -1.13. The molecule has 0 heterocycles. The summed E-state index contributed by atoms with van der Waals surface area (Å²) in [7, 11) is -4.71. The van der Waals surface area contributed by atoms with Gasteiger partial charge in [0.15, 0.2) is 10.3 Å². The molecule has 0 bridgehead atoms. The molecule has 4 nitrogen and oxygen atoms in total. The van der Waals surface area contributed by atoms with Crippen LogP contribution in [0.1, 0.15) is 5.56 Å². The van der Waals surface area contributed by atoms with Gasteiger partial charge in [0.2, 0.25) is 0 Å². The summed E-state index contributed by atoms with van der Waals surface area (Å²) in [4.78, 5) is 0. The number of hydrogen-bond acceptors (Lipinski definition) is 3. The van der Waals surface area contributed by atoms with Crippen molar-refractivity contribution in [1.29, 1.82) is 0 Å². The zero-order valence-corrected chi connectivity index (χ0v) is 10.9. The van der Waals surface area contributed by atoms with Crippen LogP contribution in [0.5, 0.6) is 0 Å². The van der Waals surface area contributed by atoms with Crippen molar-refractivity contribution in [3.05, 3.63) is 29.8 Å². The van der Waals surface area contributed by atoms with E-state index in [4.69, 9.17) is 0 Å². The molecule has 0 aliphatic carbocycles. The molecule has 0 saturated carbocycles. The summed E-state index contributed by atoms with van der Waals surface area (Å²) in [5, 5.41) is 0. The Morgan fingerprint density at radius 3 is 1.88 bits per heavy atom. The first-order valence-electron chi connectivity index (χ1n) is 3.59. The van der Waals surface area contributed by atoms with Gasteiger partial charge in [0, 0.05) is 5.69 Å². The molecule has 0 radical (unpaired) electrons. The van der Waals surface area contributed by atoms with Crippen LogP contribution in [-0.4, -0.2) is 13.0 Å². The summed E-state index contributed by atoms with van der Waals surface area (Å²) in [6.07, 6.45) is -4.49. The van der Waals surface area contributed by atoms with E-state index < -0.39 is 22.0 Å². The van der Waals surface area contributed by atoms with Crippen LogP contribution in [0.25, 0.3) is 0 Å². The molecule has 1 aromatic rings. The van der Waals surface area contributed by atoms with E-state index in [1.807, 2.05) is 0 Å². The molecule has 0 amide bonds. The molecule has 0 atom stereocenters. The molecule has 0 spiro atoms. The number of rotatable bonds is 2. The minimum Gasteiger partial charge on any atom is -0.731 e. The van der Waals surface area contributed by atoms with Crippen LogP contribution >= 0.6 is 0 Å². The first-order chi connectivity index (χ1) is 6.68. The molecule has 84 valence electrons. The Hall–Kier alpha value is -0.280. The standard InChI is InChI=1S/C7H6F3NO3S.Na/c8-7(9,10)5-1-3-6(4-2-5)11-15(12,13)14;/h1-4,11H,(H,12,13,14);/q;+1/p-1. The topological polar surface area (TPSA) is 69.2 Å². The molecular weight excluding hydrogens is 258 g/mol. The molecule has 0 saturated heterocycles. The predicted octanol–water partition coefficient (Wildman–Crippen LogP) is -1.42. The Balaban J connectivity index is 0.00000225. The maximum atomic E-state index is 12.1. The number of benzene rings is 1. The van der Waals surface area contributed by atoms with Gasteiger partial charge in [-0.2, -0.15) is 13.2 Å². The van der Waals surface area contributed by atoms with Crippen LogP contribution in [0.3, 0.4) is 0 Å². The van der Waals surface area contributed by atoms with Crippen LogP contribution in [0, 0.1) is 0 Å². The van der Waals surface area contributed by atoms with Crippen LogP contribution in [0.2, 0.25) is 0 Å². The summed E-state index contributed by atoms with van der Waals surface area (Å²) in [6, 6.07) is 3.07. The average molecular weight is 263 g/mol. The Bertz CT molecular complexity index is 443. The van der Waals surface area contributed by atoms with Crippen molar-refractivity contribution < 1.29 is 55.7 Å². The fourth-order valence-corrected chi connectivity index (χ4v) is 1.30. The van der Waals surface area contributed by atoms with E-state index in [2.05, 4.69) is 0 Å². The van der Waals surface area contributed by atoms with Gasteiger partial charge in [-0.3, -0.25) is 4.72 Å². The molecule has 1 aromatic carbocycles. The third kappa shape index (κ3) is 5.17. The molecule has 0 unspecified atom stereocenters. The zero-order chi connectivity index (χ0) is 11.7. The van der Waals surface area contributed by atoms with E-state index in [0.29, 0.717) is 12.1 Å². The smallest absolute Gasteiger partial charge is 0.731 e. The SMILES string of the molecule is O=S(=O)([O-])Nc1ccc(C(F)(F)F)cc1.[Na+]. The predicted molar refractivity (Wildman–Crippen MR) is 44.8 cm³/mol. The Morgan fingerprint density at radius 2 is 1.56 bits per heavy atom. The first-order valence-corrected chi connectivity index (χ1v) is 5.00. The molecule has 0 aliphatic rings. The minimum atomic E-state index is -4.71. The van der Waals surface area contributed by atoms with E-state index in [1.54, 1.807) is 0 Å². The average Bonchev–Trinajstić information content (AvgIpc) is 2.00. The maximum Gasteiger partial charge on any atom is 1.00 e. The van der Waals surface area contributed by atoms with E-state index in [1.165, 1.54) is 4.72 Å². The van der Waals surface area contributed by atoms with Gasteiger partial charge in [-0.15, -0.1) is 0 Å². The molecule has 9 heteroatoms. The van der Waals surface area contributed by atoms with E-state index >= 15 is 0 Å². The number of anilines is 1. The van der Waals surface area contributed by atoms with E-state index in [-0.39, 0.29) is 35.2 Å². The Kier molecular flexibility index (Phi) is 5.27. The monoisotopic (exact) mass is 263 g/mol. The molecule has 0 fully saturated rings. The van der Waals surface area contributed by atoms with Crippen molar-refractivity contribution >= 4 is 16.0 Å². The second-order valence-corrected chi connectivity index (χ2v) is 3.74. The largest absolute Gasteiger partial charge is 1.00 e. The molecule has 1 rings (SSSR count). The fourth-order valence-electron chi connectivity index (χ4n) is 0.872. The van der Waals surface area contributed by atoms with Crippen LogP contribution in [0.4, 0.5) is 18.9 Å². The van der Waals surface area contributed by atoms with Crippen LogP contribution in [0.15, 0.2) is 24.3 Å². The fraction of sp³-hybridized carbons (Fsp3) is 0.143. The van der Waals surface area contributed by atoms with Gasteiger partial charge >= 0.3 is 35.7 Å². The van der Waals surface area contributed by atoms with Gasteiger partial charge in [-0.25, -0.2) is 8.42 Å². The van der Waals surface area contributed by atoms with Crippen molar-refractivity contribution in [2.75, 3.05) is 4.72 Å². The summed E-state index contributed by atoms with van der Waals surface area (Å²) >= 11 is 0. The molecule has 0 aliphatic heterocycles. The van der Waals surface area contributed by atoms with Crippen LogP contribution in [-0.2, 0) is 16.5 Å². The quantitative estimate of drug-likeness (QED) is 0.526. The number of nitrogens with one attached hydrogen (secondary N) is 1. The van der Waals surface area contributed by atoms with Gasteiger partial charge in [-0.05, 0) is 24.3 Å². The summed E-state index contributed by atoms with van der Waals surface area (Å²) in [5.74, 6) is 0. The van der Waals surface area contributed by atoms with Gasteiger partial charge in [-0.1, -0.05) is 0 Å². The normalized spacial score (nSPS) is 11.8. The summed E-state index contributed by atoms with van der Waals surface area (Å²) in [6.45, 7) is 0. The van der Waals surface area contributed by atoms with Crippen molar-refractivity contribution in [1.82, 2.24) is 0 Å². The van der Waals surface area contributed by atoms with Gasteiger partial charge in [0.25, 0.3) is 0 Å². The number of hydrogen-bond donors (Lipinski definition) is 1. The van der Waals surface area contributed by atoms with Gasteiger partial charge in [0.05, 0.1) is 5.56 Å². The van der Waals surface area contributed by atoms with Crippen molar-refractivity contribution in [2.24, 2.45) is 0 Å². The van der Waals surface area contributed by atoms with Crippen molar-refractivity contribution in [3.8, 4) is 0 Å². The number of alkyl halides is 3. The first kappa shape index (κ1) is 15.7. The molecule has 16 heavy (non-hydrogen) atoms. The zero-order valence-electron chi connectivity index (χ0n) is 8.08. The minimum absolute atomic E-state index is 0. The van der Waals surface area contributed by atoms with Crippen molar-refractivity contribution in [3.63, 3.8) is 0 Å². The second-order valence-electron chi connectivity index (χ2n) is 2.63. The number of halogens is 3. The maximum absolute atomic E-state index is 12.1. The van der Waals surface area contributed by atoms with Gasteiger partial charge < -0.3 is 4.55 Å². The third-order valence-corrected chi connectivity index (χ3v) is 1.94. The Morgan fingerprint density at radius 1 is 1.12 bits per heavy atom. The molecule has 0 aromatic heterocycles. The second kappa shape index (κ2) is 5.37. The van der Waals surface area contributed by atoms with Crippen molar-refractivity contribution in [2.45, 2.75) is 6.18 Å². The van der Waals surface area contributed by atoms with Gasteiger partial charge in [0.1, 0.15) is 0 Å². The van der Waals surface area contributed by atoms with E-state index in [9.17, 15) is 26.1 Å². The van der Waals surface area contributed by atoms with E-state index in [0.717, 1.165) is 12.1 Å². The molecular formula is C7H5F3NNaO3S. The molecule has 1 N–H and O–H groups in total.